The van der Waals surface area contributed by atoms with Crippen LogP contribution in [0.4, 0.5) is 4.39 Å². The molecule has 2 aromatic carbocycles. The average molecular weight is 487 g/mol. The lowest BCUT2D eigenvalue weighted by Crippen LogP contribution is -2.31. The van der Waals surface area contributed by atoms with Crippen LogP contribution in [-0.4, -0.2) is 52.7 Å². The second-order valence-electron chi connectivity index (χ2n) is 7.98. The molecule has 182 valence electrons. The number of sulfonamides is 1. The SMILES string of the molecule is C=CCN(Cc1ccccc1F)C(=O)CCc1nc2cc(S(=O)(=O)N(CC)CC)ccc2n1C. The number of fused-ring (bicyclic) bond motifs is 1. The monoisotopic (exact) mass is 486 g/mol. The van der Waals surface area contributed by atoms with Crippen LogP contribution in [0.25, 0.3) is 11.0 Å². The van der Waals surface area contributed by atoms with Crippen molar-refractivity contribution in [2.24, 2.45) is 7.05 Å². The Kier molecular flexibility index (Phi) is 8.22. The fourth-order valence-corrected chi connectivity index (χ4v) is 5.42. The molecule has 9 heteroatoms. The van der Waals surface area contributed by atoms with Gasteiger partial charge in [-0.2, -0.15) is 4.31 Å². The van der Waals surface area contributed by atoms with Crippen LogP contribution in [-0.2, 0) is 34.8 Å². The Morgan fingerprint density at radius 2 is 1.88 bits per heavy atom. The van der Waals surface area contributed by atoms with Crippen molar-refractivity contribution in [1.82, 2.24) is 18.8 Å². The highest BCUT2D eigenvalue weighted by atomic mass is 32.2. The molecule has 0 N–H and O–H groups in total. The molecule has 0 atom stereocenters. The van der Waals surface area contributed by atoms with E-state index in [2.05, 4.69) is 11.6 Å². The van der Waals surface area contributed by atoms with Crippen LogP contribution in [0.3, 0.4) is 0 Å². The topological polar surface area (TPSA) is 75.5 Å². The minimum Gasteiger partial charge on any atom is -0.335 e. The number of carbonyl (C=O) groups is 1. The Hall–Kier alpha value is -3.04. The van der Waals surface area contributed by atoms with Gasteiger partial charge in [0.15, 0.2) is 0 Å². The number of amides is 1. The molecule has 0 saturated heterocycles. The van der Waals surface area contributed by atoms with Gasteiger partial charge in [-0.25, -0.2) is 17.8 Å². The molecule has 0 spiro atoms. The van der Waals surface area contributed by atoms with E-state index in [1.54, 1.807) is 61.2 Å². The van der Waals surface area contributed by atoms with Gasteiger partial charge < -0.3 is 9.47 Å². The summed E-state index contributed by atoms with van der Waals surface area (Å²) < 4.78 is 43.1. The first-order valence-electron chi connectivity index (χ1n) is 11.3. The highest BCUT2D eigenvalue weighted by Gasteiger charge is 2.23. The average Bonchev–Trinajstić information content (AvgIpc) is 3.14. The van der Waals surface area contributed by atoms with Crippen molar-refractivity contribution < 1.29 is 17.6 Å². The first-order valence-corrected chi connectivity index (χ1v) is 12.7. The first kappa shape index (κ1) is 25.6. The molecule has 7 nitrogen and oxygen atoms in total. The van der Waals surface area contributed by atoms with E-state index in [1.165, 1.54) is 10.4 Å². The molecule has 0 aliphatic carbocycles. The largest absolute Gasteiger partial charge is 0.335 e. The molecule has 0 radical (unpaired) electrons. The Bertz CT molecular complexity index is 1280. The summed E-state index contributed by atoms with van der Waals surface area (Å²) in [6.45, 7) is 8.56. The molecule has 1 heterocycles. The van der Waals surface area contributed by atoms with E-state index >= 15 is 0 Å². The Morgan fingerprint density at radius 1 is 1.18 bits per heavy atom. The third-order valence-corrected chi connectivity index (χ3v) is 7.92. The predicted molar refractivity (Wildman–Crippen MR) is 131 cm³/mol. The lowest BCUT2D eigenvalue weighted by molar-refractivity contribution is -0.131. The number of hydrogen-bond donors (Lipinski definition) is 0. The third kappa shape index (κ3) is 5.37. The highest BCUT2D eigenvalue weighted by Crippen LogP contribution is 2.23. The summed E-state index contributed by atoms with van der Waals surface area (Å²) in [7, 11) is -1.75. The van der Waals surface area contributed by atoms with Gasteiger partial charge in [-0.05, 0) is 24.3 Å². The van der Waals surface area contributed by atoms with Gasteiger partial charge in [0, 0.05) is 51.6 Å². The first-order chi connectivity index (χ1) is 16.2. The number of hydrogen-bond acceptors (Lipinski definition) is 4. The summed E-state index contributed by atoms with van der Waals surface area (Å²) in [6.07, 6.45) is 2.17. The van der Waals surface area contributed by atoms with Crippen LogP contribution in [0.5, 0.6) is 0 Å². The van der Waals surface area contributed by atoms with E-state index in [9.17, 15) is 17.6 Å². The Morgan fingerprint density at radius 3 is 2.53 bits per heavy atom. The molecule has 3 aromatic rings. The summed E-state index contributed by atoms with van der Waals surface area (Å²) in [4.78, 5) is 19.3. The van der Waals surface area contributed by atoms with Crippen molar-refractivity contribution in [3.8, 4) is 0 Å². The maximum Gasteiger partial charge on any atom is 0.243 e. The molecule has 34 heavy (non-hydrogen) atoms. The zero-order valence-electron chi connectivity index (χ0n) is 19.9. The fraction of sp³-hybridized carbons (Fsp3) is 0.360. The van der Waals surface area contributed by atoms with Crippen molar-refractivity contribution in [3.05, 3.63) is 72.3 Å². The standard InChI is InChI=1S/C25H31FN4O3S/c1-5-16-29(18-19-10-8-9-11-21(19)26)25(31)15-14-24-27-22-17-20(12-13-23(22)28(24)4)34(32,33)30(6-2)7-3/h5,8-13,17H,1,6-7,14-16,18H2,2-4H3. The van der Waals surface area contributed by atoms with Crippen LogP contribution in [0.2, 0.25) is 0 Å². The molecule has 0 aliphatic heterocycles. The van der Waals surface area contributed by atoms with E-state index in [0.29, 0.717) is 43.0 Å². The number of aromatic nitrogens is 2. The maximum atomic E-state index is 14.1. The van der Waals surface area contributed by atoms with E-state index in [1.807, 2.05) is 11.6 Å². The summed E-state index contributed by atoms with van der Waals surface area (Å²) in [5.41, 5.74) is 1.80. The summed E-state index contributed by atoms with van der Waals surface area (Å²) >= 11 is 0. The minimum absolute atomic E-state index is 0.139. The van der Waals surface area contributed by atoms with Crippen LogP contribution < -0.4 is 0 Å². The molecular formula is C25H31FN4O3S. The number of imidazole rings is 1. The van der Waals surface area contributed by atoms with Gasteiger partial charge in [-0.3, -0.25) is 4.79 Å². The van der Waals surface area contributed by atoms with Crippen molar-refractivity contribution in [2.75, 3.05) is 19.6 Å². The number of carbonyl (C=O) groups excluding carboxylic acids is 1. The normalized spacial score (nSPS) is 11.8. The second kappa shape index (κ2) is 10.9. The van der Waals surface area contributed by atoms with E-state index in [-0.39, 0.29) is 29.6 Å². The number of benzene rings is 2. The second-order valence-corrected chi connectivity index (χ2v) is 9.92. The molecule has 0 saturated carbocycles. The number of halogens is 1. The molecular weight excluding hydrogens is 455 g/mol. The quantitative estimate of drug-likeness (QED) is 0.386. The van der Waals surface area contributed by atoms with Crippen LogP contribution in [0.15, 0.2) is 60.0 Å². The van der Waals surface area contributed by atoms with Gasteiger partial charge in [0.2, 0.25) is 15.9 Å². The summed E-state index contributed by atoms with van der Waals surface area (Å²) in [6, 6.07) is 11.3. The number of aryl methyl sites for hydroxylation is 2. The van der Waals surface area contributed by atoms with Gasteiger partial charge >= 0.3 is 0 Å². The highest BCUT2D eigenvalue weighted by molar-refractivity contribution is 7.89. The Balaban J connectivity index is 1.79. The van der Waals surface area contributed by atoms with E-state index in [0.717, 1.165) is 5.52 Å². The van der Waals surface area contributed by atoms with E-state index < -0.39 is 10.0 Å². The van der Waals surface area contributed by atoms with Crippen LogP contribution in [0, 0.1) is 5.82 Å². The van der Waals surface area contributed by atoms with Crippen LogP contribution in [0.1, 0.15) is 31.7 Å². The Labute approximate surface area is 200 Å². The molecule has 0 bridgehead atoms. The summed E-state index contributed by atoms with van der Waals surface area (Å²) in [5, 5.41) is 0. The molecule has 3 rings (SSSR count). The van der Waals surface area contributed by atoms with Crippen molar-refractivity contribution in [3.63, 3.8) is 0 Å². The molecule has 0 aliphatic rings. The lowest BCUT2D eigenvalue weighted by atomic mass is 10.2. The third-order valence-electron chi connectivity index (χ3n) is 5.87. The van der Waals surface area contributed by atoms with Gasteiger partial charge in [-0.1, -0.05) is 38.1 Å². The molecule has 0 fully saturated rings. The van der Waals surface area contributed by atoms with Gasteiger partial charge in [-0.15, -0.1) is 6.58 Å². The van der Waals surface area contributed by atoms with Crippen molar-refractivity contribution in [2.45, 2.75) is 38.1 Å². The van der Waals surface area contributed by atoms with Crippen LogP contribution >= 0.6 is 0 Å². The minimum atomic E-state index is -3.59. The molecule has 1 amide bonds. The lowest BCUT2D eigenvalue weighted by Gasteiger charge is -2.21. The van der Waals surface area contributed by atoms with Gasteiger partial charge in [0.1, 0.15) is 11.6 Å². The van der Waals surface area contributed by atoms with Crippen molar-refractivity contribution >= 4 is 27.0 Å². The molecule has 1 aromatic heterocycles. The number of rotatable bonds is 11. The summed E-state index contributed by atoms with van der Waals surface area (Å²) in [5.74, 6) is 0.181. The van der Waals surface area contributed by atoms with Gasteiger partial charge in [0.25, 0.3) is 0 Å². The smallest absolute Gasteiger partial charge is 0.243 e. The molecule has 0 unspecified atom stereocenters. The fourth-order valence-electron chi connectivity index (χ4n) is 3.95. The zero-order valence-corrected chi connectivity index (χ0v) is 20.7. The van der Waals surface area contributed by atoms with Gasteiger partial charge in [0.05, 0.1) is 15.9 Å². The number of nitrogens with zero attached hydrogens (tertiary/aromatic N) is 4. The predicted octanol–water partition coefficient (Wildman–Crippen LogP) is 3.89. The van der Waals surface area contributed by atoms with Crippen molar-refractivity contribution in [1.29, 1.82) is 0 Å². The zero-order chi connectivity index (χ0) is 24.9. The van der Waals surface area contributed by atoms with E-state index in [4.69, 9.17) is 0 Å². The maximum absolute atomic E-state index is 14.1.